The van der Waals surface area contributed by atoms with Gasteiger partial charge in [-0.1, -0.05) is 6.07 Å². The Labute approximate surface area is 199 Å². The van der Waals surface area contributed by atoms with E-state index in [1.54, 1.807) is 13.3 Å². The van der Waals surface area contributed by atoms with Gasteiger partial charge in [-0.15, -0.1) is 0 Å². The quantitative estimate of drug-likeness (QED) is 0.580. The number of anilines is 1. The van der Waals surface area contributed by atoms with Crippen molar-refractivity contribution >= 4 is 11.6 Å². The zero-order chi connectivity index (χ0) is 23.5. The van der Waals surface area contributed by atoms with Crippen LogP contribution in [0.25, 0.3) is 11.1 Å². The number of aromatic amines is 1. The number of benzene rings is 2. The molecule has 8 nitrogen and oxygen atoms in total. The van der Waals surface area contributed by atoms with E-state index in [9.17, 15) is 4.79 Å². The molecule has 2 aromatic carbocycles. The SMILES string of the molecule is COc1ccc2c(c1)C[C@@H](C(=O)Nc1ccc(-c3cn[nH]c3)cc1O[C@@H]1CCCN(C)C1)CO2. The molecule has 2 N–H and O–H groups in total. The van der Waals surface area contributed by atoms with Crippen LogP contribution in [0.4, 0.5) is 5.69 Å². The summed E-state index contributed by atoms with van der Waals surface area (Å²) in [6, 6.07) is 11.5. The van der Waals surface area contributed by atoms with Gasteiger partial charge in [0.15, 0.2) is 0 Å². The van der Waals surface area contributed by atoms with E-state index in [1.807, 2.05) is 42.6 Å². The highest BCUT2D eigenvalue weighted by atomic mass is 16.5. The maximum atomic E-state index is 13.2. The second-order valence-corrected chi connectivity index (χ2v) is 9.02. The Morgan fingerprint density at radius 3 is 2.94 bits per heavy atom. The van der Waals surface area contributed by atoms with Gasteiger partial charge in [-0.2, -0.15) is 5.10 Å². The van der Waals surface area contributed by atoms with E-state index < -0.39 is 0 Å². The molecule has 1 amide bonds. The molecule has 0 spiro atoms. The van der Waals surface area contributed by atoms with Crippen molar-refractivity contribution < 1.29 is 19.0 Å². The summed E-state index contributed by atoms with van der Waals surface area (Å²) >= 11 is 0. The van der Waals surface area contributed by atoms with Crippen LogP contribution in [0.2, 0.25) is 0 Å². The maximum Gasteiger partial charge on any atom is 0.231 e. The molecule has 2 aliphatic heterocycles. The lowest BCUT2D eigenvalue weighted by molar-refractivity contribution is -0.121. The predicted octanol–water partition coefficient (Wildman–Crippen LogP) is 3.75. The standard InChI is InChI=1S/C26H30N4O4/c1-30-9-3-4-22(15-30)34-25-12-17(20-13-27-28-14-20)5-7-23(25)29-26(31)19-10-18-11-21(32-2)6-8-24(18)33-16-19/h5-8,11-14,19,22H,3-4,9-10,15-16H2,1-2H3,(H,27,28)(H,29,31)/t19-,22-/m1/s1. The summed E-state index contributed by atoms with van der Waals surface area (Å²) in [5.74, 6) is 1.84. The number of piperidine rings is 1. The lowest BCUT2D eigenvalue weighted by atomic mass is 9.95. The number of nitrogens with one attached hydrogen (secondary N) is 2. The Balaban J connectivity index is 1.36. The number of fused-ring (bicyclic) bond motifs is 1. The Morgan fingerprint density at radius 2 is 2.15 bits per heavy atom. The summed E-state index contributed by atoms with van der Waals surface area (Å²) in [6.45, 7) is 2.27. The van der Waals surface area contributed by atoms with E-state index in [2.05, 4.69) is 27.5 Å². The van der Waals surface area contributed by atoms with Crippen molar-refractivity contribution in [1.82, 2.24) is 15.1 Å². The fourth-order valence-corrected chi connectivity index (χ4v) is 4.61. The van der Waals surface area contributed by atoms with Gasteiger partial charge < -0.3 is 24.4 Å². The number of methoxy groups -OCH3 is 1. The first-order chi connectivity index (χ1) is 16.6. The minimum absolute atomic E-state index is 0.0753. The first-order valence-corrected chi connectivity index (χ1v) is 11.7. The van der Waals surface area contributed by atoms with Crippen molar-refractivity contribution in [2.75, 3.05) is 39.2 Å². The minimum atomic E-state index is -0.304. The molecule has 34 heavy (non-hydrogen) atoms. The monoisotopic (exact) mass is 462 g/mol. The number of hydrogen-bond donors (Lipinski definition) is 2. The molecule has 0 saturated carbocycles. The summed E-state index contributed by atoms with van der Waals surface area (Å²) in [7, 11) is 3.74. The molecule has 1 aromatic heterocycles. The van der Waals surface area contributed by atoms with Crippen molar-refractivity contribution in [1.29, 1.82) is 0 Å². The average molecular weight is 463 g/mol. The van der Waals surface area contributed by atoms with Crippen molar-refractivity contribution in [3.8, 4) is 28.4 Å². The zero-order valence-corrected chi connectivity index (χ0v) is 19.5. The summed E-state index contributed by atoms with van der Waals surface area (Å²) in [4.78, 5) is 15.5. The molecule has 8 heteroatoms. The van der Waals surface area contributed by atoms with Crippen LogP contribution >= 0.6 is 0 Å². The molecule has 0 unspecified atom stereocenters. The first-order valence-electron chi connectivity index (χ1n) is 11.7. The van der Waals surface area contributed by atoms with E-state index in [1.165, 1.54) is 0 Å². The Bertz CT molecular complexity index is 1150. The van der Waals surface area contributed by atoms with Crippen LogP contribution in [-0.4, -0.2) is 61.0 Å². The van der Waals surface area contributed by atoms with E-state index in [0.29, 0.717) is 24.5 Å². The van der Waals surface area contributed by atoms with E-state index >= 15 is 0 Å². The van der Waals surface area contributed by atoms with Gasteiger partial charge >= 0.3 is 0 Å². The number of carbonyl (C=O) groups is 1. The van der Waals surface area contributed by atoms with Crippen molar-refractivity contribution in [2.24, 2.45) is 5.92 Å². The predicted molar refractivity (Wildman–Crippen MR) is 129 cm³/mol. The molecular formula is C26H30N4O4. The molecule has 5 rings (SSSR count). The highest BCUT2D eigenvalue weighted by Crippen LogP contribution is 2.35. The van der Waals surface area contributed by atoms with Gasteiger partial charge in [0, 0.05) is 18.3 Å². The Hall–Kier alpha value is -3.52. The van der Waals surface area contributed by atoms with E-state index in [0.717, 1.165) is 54.1 Å². The van der Waals surface area contributed by atoms with Gasteiger partial charge in [0.25, 0.3) is 0 Å². The molecule has 0 aliphatic carbocycles. The van der Waals surface area contributed by atoms with Gasteiger partial charge in [-0.25, -0.2) is 0 Å². The van der Waals surface area contributed by atoms with Crippen LogP contribution in [0.15, 0.2) is 48.8 Å². The first kappa shape index (κ1) is 22.3. The average Bonchev–Trinajstić information content (AvgIpc) is 3.39. The van der Waals surface area contributed by atoms with Crippen molar-refractivity contribution in [3.05, 3.63) is 54.4 Å². The van der Waals surface area contributed by atoms with Gasteiger partial charge in [-0.05, 0) is 74.3 Å². The lowest BCUT2D eigenvalue weighted by Gasteiger charge is -2.31. The molecule has 178 valence electrons. The summed E-state index contributed by atoms with van der Waals surface area (Å²) < 4.78 is 17.6. The molecule has 2 aliphatic rings. The van der Waals surface area contributed by atoms with Crippen LogP contribution in [0.3, 0.4) is 0 Å². The number of likely N-dealkylation sites (N-methyl/N-ethyl adjacent to an activating group) is 1. The molecule has 0 radical (unpaired) electrons. The van der Waals surface area contributed by atoms with Crippen LogP contribution < -0.4 is 19.5 Å². The smallest absolute Gasteiger partial charge is 0.231 e. The maximum absolute atomic E-state index is 13.2. The second-order valence-electron chi connectivity index (χ2n) is 9.02. The fourth-order valence-electron chi connectivity index (χ4n) is 4.61. The molecule has 1 fully saturated rings. The van der Waals surface area contributed by atoms with Crippen molar-refractivity contribution in [2.45, 2.75) is 25.4 Å². The van der Waals surface area contributed by atoms with Crippen molar-refractivity contribution in [3.63, 3.8) is 0 Å². The van der Waals surface area contributed by atoms with Crippen LogP contribution in [-0.2, 0) is 11.2 Å². The molecule has 2 atom stereocenters. The molecule has 3 heterocycles. The third-order valence-electron chi connectivity index (χ3n) is 6.49. The number of H-pyrrole nitrogens is 1. The number of carbonyl (C=O) groups excluding carboxylic acids is 1. The Kier molecular flexibility index (Phi) is 6.40. The molecular weight excluding hydrogens is 432 g/mol. The second kappa shape index (κ2) is 9.77. The molecule has 3 aromatic rings. The highest BCUT2D eigenvalue weighted by Gasteiger charge is 2.28. The molecule has 0 bridgehead atoms. The summed E-state index contributed by atoms with van der Waals surface area (Å²) in [5, 5.41) is 10.0. The number of aromatic nitrogens is 2. The zero-order valence-electron chi connectivity index (χ0n) is 19.5. The van der Waals surface area contributed by atoms with E-state index in [-0.39, 0.29) is 17.9 Å². The summed E-state index contributed by atoms with van der Waals surface area (Å²) in [5.41, 5.74) is 3.59. The van der Waals surface area contributed by atoms with Crippen LogP contribution in [0.1, 0.15) is 18.4 Å². The molecule has 1 saturated heterocycles. The van der Waals surface area contributed by atoms with Gasteiger partial charge in [0.05, 0.1) is 24.9 Å². The fraction of sp³-hybridized carbons (Fsp3) is 0.385. The van der Waals surface area contributed by atoms with Gasteiger partial charge in [0.1, 0.15) is 30.0 Å². The number of rotatable bonds is 6. The number of ether oxygens (including phenoxy) is 3. The van der Waals surface area contributed by atoms with E-state index in [4.69, 9.17) is 14.2 Å². The van der Waals surface area contributed by atoms with Gasteiger partial charge in [-0.3, -0.25) is 9.89 Å². The number of nitrogens with zero attached hydrogens (tertiary/aromatic N) is 2. The normalized spacial score (nSPS) is 20.2. The lowest BCUT2D eigenvalue weighted by Crippen LogP contribution is -2.38. The number of likely N-dealkylation sites (tertiary alicyclic amines) is 1. The summed E-state index contributed by atoms with van der Waals surface area (Å²) in [6.07, 6.45) is 6.37. The largest absolute Gasteiger partial charge is 0.497 e. The third-order valence-corrected chi connectivity index (χ3v) is 6.49. The minimum Gasteiger partial charge on any atom is -0.497 e. The highest BCUT2D eigenvalue weighted by molar-refractivity contribution is 5.95. The van der Waals surface area contributed by atoms with Gasteiger partial charge in [0.2, 0.25) is 5.91 Å². The van der Waals surface area contributed by atoms with Crippen LogP contribution in [0, 0.1) is 5.92 Å². The van der Waals surface area contributed by atoms with Crippen LogP contribution in [0.5, 0.6) is 17.2 Å². The number of hydrogen-bond acceptors (Lipinski definition) is 6. The topological polar surface area (TPSA) is 88.7 Å². The Morgan fingerprint density at radius 1 is 1.24 bits per heavy atom. The number of amides is 1. The third kappa shape index (κ3) is 4.87.